The van der Waals surface area contributed by atoms with Crippen molar-refractivity contribution in [1.29, 1.82) is 0 Å². The number of nitrogens with one attached hydrogen (secondary N) is 2. The van der Waals surface area contributed by atoms with Crippen LogP contribution in [-0.2, 0) is 4.79 Å². The Labute approximate surface area is 176 Å². The van der Waals surface area contributed by atoms with E-state index in [0.717, 1.165) is 22.9 Å². The molecule has 2 amide bonds. The van der Waals surface area contributed by atoms with Crippen LogP contribution in [0.15, 0.2) is 76.8 Å². The van der Waals surface area contributed by atoms with Gasteiger partial charge in [0.05, 0.1) is 23.4 Å². The second-order valence-corrected chi connectivity index (χ2v) is 7.30. The lowest BCUT2D eigenvalue weighted by Crippen LogP contribution is -2.17. The van der Waals surface area contributed by atoms with Crippen molar-refractivity contribution in [3.05, 3.63) is 89.0 Å². The molecule has 8 heteroatoms. The van der Waals surface area contributed by atoms with E-state index >= 15 is 0 Å². The number of pyridine rings is 1. The van der Waals surface area contributed by atoms with E-state index in [1.807, 2.05) is 37.3 Å². The normalized spacial score (nSPS) is 17.4. The molecule has 7 nitrogen and oxygen atoms in total. The molecular weight excluding hydrogens is 397 g/mol. The third kappa shape index (κ3) is 3.28. The number of hydrogen-bond acceptors (Lipinski definition) is 4. The first-order chi connectivity index (χ1) is 15.0. The molecule has 3 aromatic rings. The molecule has 1 aliphatic heterocycles. The first-order valence-electron chi connectivity index (χ1n) is 9.61. The van der Waals surface area contributed by atoms with Gasteiger partial charge in [-0.3, -0.25) is 9.59 Å². The van der Waals surface area contributed by atoms with Crippen LogP contribution in [0.1, 0.15) is 21.5 Å². The third-order valence-electron chi connectivity index (χ3n) is 5.30. The highest BCUT2D eigenvalue weighted by Gasteiger charge is 2.28. The zero-order valence-corrected chi connectivity index (χ0v) is 16.4. The fraction of sp³-hybridized carbons (Fsp3) is 0.0870. The molecule has 0 radical (unpaired) electrons. The first kappa shape index (κ1) is 18.8. The lowest BCUT2D eigenvalue weighted by atomic mass is 9.88. The molecule has 0 saturated carbocycles. The molecule has 0 saturated heterocycles. The second-order valence-electron chi connectivity index (χ2n) is 7.30. The molecule has 1 aromatic carbocycles. The largest absolute Gasteiger partial charge is 0.345 e. The highest BCUT2D eigenvalue weighted by Crippen LogP contribution is 2.35. The zero-order valence-electron chi connectivity index (χ0n) is 16.4. The molecule has 152 valence electrons. The molecule has 3 heterocycles. The van der Waals surface area contributed by atoms with Crippen LogP contribution in [0.5, 0.6) is 0 Å². The van der Waals surface area contributed by atoms with E-state index in [9.17, 15) is 14.0 Å². The van der Waals surface area contributed by atoms with Gasteiger partial charge in [-0.15, -0.1) is 10.2 Å². The molecule has 1 aliphatic carbocycles. The lowest BCUT2D eigenvalue weighted by molar-refractivity contribution is -0.119. The number of carbonyl (C=O) groups is 2. The fourth-order valence-corrected chi connectivity index (χ4v) is 3.78. The van der Waals surface area contributed by atoms with Gasteiger partial charge in [-0.2, -0.15) is 0 Å². The van der Waals surface area contributed by atoms with E-state index in [0.29, 0.717) is 28.0 Å². The van der Waals surface area contributed by atoms with Gasteiger partial charge in [-0.05, 0) is 36.3 Å². The predicted octanol–water partition coefficient (Wildman–Crippen LogP) is 4.71. The molecule has 2 aromatic heterocycles. The maximum atomic E-state index is 13.5. The Bertz CT molecular complexity index is 1380. The van der Waals surface area contributed by atoms with Crippen LogP contribution in [0.2, 0.25) is 0 Å². The number of halogens is 1. The molecule has 0 spiro atoms. The Kier molecular flexibility index (Phi) is 4.39. The monoisotopic (exact) mass is 413 g/mol. The van der Waals surface area contributed by atoms with Crippen molar-refractivity contribution in [2.45, 2.75) is 6.92 Å². The Morgan fingerprint density at radius 1 is 1.19 bits per heavy atom. The number of aromatic amines is 1. The topological polar surface area (TPSA) is 99.6 Å². The van der Waals surface area contributed by atoms with Crippen LogP contribution in [0, 0.1) is 18.7 Å². The number of rotatable bonds is 3. The van der Waals surface area contributed by atoms with Gasteiger partial charge in [0.25, 0.3) is 11.8 Å². The van der Waals surface area contributed by atoms with Crippen molar-refractivity contribution in [2.75, 3.05) is 5.32 Å². The summed E-state index contributed by atoms with van der Waals surface area (Å²) in [6, 6.07) is 6.68. The van der Waals surface area contributed by atoms with Crippen molar-refractivity contribution in [3.63, 3.8) is 0 Å². The van der Waals surface area contributed by atoms with Crippen molar-refractivity contribution in [3.8, 4) is 0 Å². The van der Waals surface area contributed by atoms with E-state index in [2.05, 4.69) is 25.5 Å². The van der Waals surface area contributed by atoms with Gasteiger partial charge < -0.3 is 10.3 Å². The minimum Gasteiger partial charge on any atom is -0.345 e. The van der Waals surface area contributed by atoms with Gasteiger partial charge in [-0.25, -0.2) is 9.37 Å². The number of aromatic nitrogens is 2. The van der Waals surface area contributed by atoms with Crippen LogP contribution in [0.3, 0.4) is 0 Å². The highest BCUT2D eigenvalue weighted by molar-refractivity contribution is 6.12. The third-order valence-corrected chi connectivity index (χ3v) is 5.30. The zero-order chi connectivity index (χ0) is 21.5. The van der Waals surface area contributed by atoms with E-state index in [1.54, 1.807) is 12.1 Å². The number of nitrogens with zero attached hydrogens (tertiary/aromatic N) is 3. The molecule has 2 N–H and O–H groups in total. The summed E-state index contributed by atoms with van der Waals surface area (Å²) in [6.45, 7) is 1.90. The van der Waals surface area contributed by atoms with Crippen molar-refractivity contribution in [2.24, 2.45) is 16.1 Å². The van der Waals surface area contributed by atoms with Crippen LogP contribution < -0.4 is 5.32 Å². The molecule has 2 aliphatic rings. The molecule has 0 bridgehead atoms. The number of hydrogen-bond donors (Lipinski definition) is 2. The van der Waals surface area contributed by atoms with Crippen LogP contribution >= 0.6 is 0 Å². The first-order valence-corrected chi connectivity index (χ1v) is 9.61. The predicted molar refractivity (Wildman–Crippen MR) is 114 cm³/mol. The molecule has 1 unspecified atom stereocenters. The SMILES string of the molecule is Cc1cc(NC(=O)c2c[nH]c3ncc(F)cc23)ccc1C1=C2C=CC=CC2C(=O)N=N1. The average Bonchev–Trinajstić information content (AvgIpc) is 3.18. The average molecular weight is 413 g/mol. The quantitative estimate of drug-likeness (QED) is 0.650. The van der Waals surface area contributed by atoms with Crippen molar-refractivity contribution >= 4 is 34.2 Å². The highest BCUT2D eigenvalue weighted by atomic mass is 19.1. The number of H-pyrrole nitrogens is 1. The summed E-state index contributed by atoms with van der Waals surface area (Å²) in [5.41, 5.74) is 4.45. The van der Waals surface area contributed by atoms with Crippen LogP contribution in [0.25, 0.3) is 16.7 Å². The van der Waals surface area contributed by atoms with Gasteiger partial charge in [0, 0.05) is 22.8 Å². The van der Waals surface area contributed by atoms with E-state index < -0.39 is 11.7 Å². The lowest BCUT2D eigenvalue weighted by Gasteiger charge is -2.20. The second kappa shape index (κ2) is 7.24. The fourth-order valence-electron chi connectivity index (χ4n) is 3.78. The van der Waals surface area contributed by atoms with Crippen molar-refractivity contribution in [1.82, 2.24) is 9.97 Å². The smallest absolute Gasteiger partial charge is 0.276 e. The molecule has 0 fully saturated rings. The van der Waals surface area contributed by atoms with E-state index in [1.165, 1.54) is 12.3 Å². The summed E-state index contributed by atoms with van der Waals surface area (Å²) in [6.07, 6.45) is 9.96. The number of azo groups is 1. The molecule has 1 atom stereocenters. The number of amides is 2. The number of carbonyl (C=O) groups excluding carboxylic acids is 2. The summed E-state index contributed by atoms with van der Waals surface area (Å²) < 4.78 is 13.5. The van der Waals surface area contributed by atoms with Crippen molar-refractivity contribution < 1.29 is 14.0 Å². The maximum absolute atomic E-state index is 13.5. The Morgan fingerprint density at radius 3 is 2.90 bits per heavy atom. The van der Waals surface area contributed by atoms with E-state index in [-0.39, 0.29) is 11.8 Å². The van der Waals surface area contributed by atoms with Gasteiger partial charge in [0.1, 0.15) is 11.5 Å². The summed E-state index contributed by atoms with van der Waals surface area (Å²) in [5, 5.41) is 11.2. The van der Waals surface area contributed by atoms with Gasteiger partial charge >= 0.3 is 0 Å². The molecule has 31 heavy (non-hydrogen) atoms. The summed E-state index contributed by atoms with van der Waals surface area (Å²) in [4.78, 5) is 31.6. The number of aryl methyl sites for hydroxylation is 1. The maximum Gasteiger partial charge on any atom is 0.276 e. The summed E-state index contributed by atoms with van der Waals surface area (Å²) in [7, 11) is 0. The van der Waals surface area contributed by atoms with Gasteiger partial charge in [0.2, 0.25) is 0 Å². The molecular formula is C23H16FN5O2. The summed E-state index contributed by atoms with van der Waals surface area (Å²) >= 11 is 0. The molecule has 5 rings (SSSR count). The van der Waals surface area contributed by atoms with Gasteiger partial charge in [0.15, 0.2) is 0 Å². The minimum absolute atomic E-state index is 0.287. The Balaban J connectivity index is 1.45. The minimum atomic E-state index is -0.513. The summed E-state index contributed by atoms with van der Waals surface area (Å²) in [5.74, 6) is -1.60. The Hall–Kier alpha value is -4.20. The van der Waals surface area contributed by atoms with Crippen LogP contribution in [-0.4, -0.2) is 21.8 Å². The number of anilines is 1. The number of allylic oxidation sites excluding steroid dienone is 3. The van der Waals surface area contributed by atoms with E-state index in [4.69, 9.17) is 0 Å². The number of fused-ring (bicyclic) bond motifs is 2. The number of benzene rings is 1. The Morgan fingerprint density at radius 2 is 2.06 bits per heavy atom. The van der Waals surface area contributed by atoms with Gasteiger partial charge in [-0.1, -0.05) is 30.4 Å². The van der Waals surface area contributed by atoms with Crippen LogP contribution in [0.4, 0.5) is 10.1 Å². The standard InChI is InChI=1S/C23H16FN5O2/c1-12-8-14(27-22(30)19-11-26-21-18(19)9-13(24)10-25-21)6-7-15(12)20-16-4-2-3-5-17(16)23(31)29-28-20/h2-11,17H,1H3,(H,25,26)(H,27,30).